The average molecular weight is 418 g/mol. The molecule has 1 fully saturated rings. The molecule has 0 radical (unpaired) electrons. The molecule has 1 aliphatic heterocycles. The number of amides is 2. The molecule has 0 atom stereocenters. The molecule has 2 aliphatic rings. The first-order valence-corrected chi connectivity index (χ1v) is 10.2. The van der Waals surface area contributed by atoms with Gasteiger partial charge < -0.3 is 19.5 Å². The van der Waals surface area contributed by atoms with Crippen LogP contribution in [-0.2, 0) is 29.1 Å². The van der Waals surface area contributed by atoms with Gasteiger partial charge in [0.15, 0.2) is 12.4 Å². The fraction of sp³-hybridized carbons (Fsp3) is 0.500. The van der Waals surface area contributed by atoms with Gasteiger partial charge in [-0.05, 0) is 43.5 Å². The van der Waals surface area contributed by atoms with Crippen LogP contribution in [0.2, 0.25) is 5.02 Å². The Morgan fingerprint density at radius 2 is 2.07 bits per heavy atom. The lowest BCUT2D eigenvalue weighted by Gasteiger charge is -2.20. The molecule has 0 saturated heterocycles. The lowest BCUT2D eigenvalue weighted by atomic mass is 10.2. The van der Waals surface area contributed by atoms with Gasteiger partial charge >= 0.3 is 0 Å². The van der Waals surface area contributed by atoms with Crippen LogP contribution >= 0.6 is 11.6 Å². The fourth-order valence-electron chi connectivity index (χ4n) is 3.42. The molecule has 0 unspecified atom stereocenters. The van der Waals surface area contributed by atoms with Crippen LogP contribution in [0, 0.1) is 12.8 Å². The first kappa shape index (κ1) is 19.7. The van der Waals surface area contributed by atoms with Gasteiger partial charge in [-0.15, -0.1) is 10.2 Å². The molecule has 29 heavy (non-hydrogen) atoms. The number of carbonyl (C=O) groups is 2. The quantitative estimate of drug-likeness (QED) is 0.773. The maximum absolute atomic E-state index is 12.6. The standard InChI is InChI=1S/C20H24ClN5O3/c1-13-10-15(21)4-5-16(13)29-12-19(27)25-7-6-17-23-24-18(26(17)9-8-25)11-22-20(28)14-2-3-14/h4-5,10,14H,2-3,6-9,11-12H2,1H3,(H,22,28). The van der Waals surface area contributed by atoms with Gasteiger partial charge in [-0.3, -0.25) is 9.59 Å². The Morgan fingerprint density at radius 3 is 2.83 bits per heavy atom. The van der Waals surface area contributed by atoms with Crippen molar-refractivity contribution < 1.29 is 14.3 Å². The SMILES string of the molecule is Cc1cc(Cl)ccc1OCC(=O)N1CCc2nnc(CNC(=O)C3CC3)n2CC1. The van der Waals surface area contributed by atoms with Gasteiger partial charge in [-0.1, -0.05) is 11.6 Å². The van der Waals surface area contributed by atoms with Crippen molar-refractivity contribution in [2.45, 2.75) is 39.3 Å². The summed E-state index contributed by atoms with van der Waals surface area (Å²) in [5, 5.41) is 12.0. The largest absolute Gasteiger partial charge is 0.483 e. The van der Waals surface area contributed by atoms with Crippen LogP contribution in [0.4, 0.5) is 0 Å². The molecular formula is C20H24ClN5O3. The van der Waals surface area contributed by atoms with Gasteiger partial charge in [0.05, 0.1) is 6.54 Å². The van der Waals surface area contributed by atoms with Gasteiger partial charge in [-0.2, -0.15) is 0 Å². The van der Waals surface area contributed by atoms with E-state index in [9.17, 15) is 9.59 Å². The summed E-state index contributed by atoms with van der Waals surface area (Å²) in [5.41, 5.74) is 0.894. The van der Waals surface area contributed by atoms with E-state index >= 15 is 0 Å². The van der Waals surface area contributed by atoms with Crippen molar-refractivity contribution in [3.63, 3.8) is 0 Å². The zero-order valence-corrected chi connectivity index (χ0v) is 17.1. The van der Waals surface area contributed by atoms with Crippen molar-refractivity contribution in [2.75, 3.05) is 19.7 Å². The average Bonchev–Trinajstić information content (AvgIpc) is 3.50. The number of ether oxygens (including phenoxy) is 1. The lowest BCUT2D eigenvalue weighted by molar-refractivity contribution is -0.133. The predicted octanol–water partition coefficient (Wildman–Crippen LogP) is 1.73. The molecule has 1 aliphatic carbocycles. The summed E-state index contributed by atoms with van der Waals surface area (Å²) >= 11 is 5.96. The third kappa shape index (κ3) is 4.70. The maximum atomic E-state index is 12.6. The van der Waals surface area contributed by atoms with E-state index in [0.29, 0.717) is 43.4 Å². The Hall–Kier alpha value is -2.61. The first-order chi connectivity index (χ1) is 14.0. The molecule has 2 aromatic rings. The second kappa shape index (κ2) is 8.41. The number of benzene rings is 1. The van der Waals surface area contributed by atoms with E-state index in [1.165, 1.54) is 0 Å². The number of hydrogen-bond donors (Lipinski definition) is 1. The van der Waals surface area contributed by atoms with E-state index in [4.69, 9.17) is 16.3 Å². The van der Waals surface area contributed by atoms with E-state index in [1.54, 1.807) is 17.0 Å². The minimum atomic E-state index is -0.0679. The van der Waals surface area contributed by atoms with Crippen molar-refractivity contribution in [3.8, 4) is 5.75 Å². The van der Waals surface area contributed by atoms with Crippen LogP contribution in [0.3, 0.4) is 0 Å². The maximum Gasteiger partial charge on any atom is 0.260 e. The molecule has 1 aromatic heterocycles. The van der Waals surface area contributed by atoms with Crippen molar-refractivity contribution in [1.29, 1.82) is 0 Å². The topological polar surface area (TPSA) is 89.3 Å². The lowest BCUT2D eigenvalue weighted by Crippen LogP contribution is -2.37. The van der Waals surface area contributed by atoms with Crippen LogP contribution in [0.1, 0.15) is 30.1 Å². The summed E-state index contributed by atoms with van der Waals surface area (Å²) in [6.45, 7) is 3.96. The van der Waals surface area contributed by atoms with E-state index in [0.717, 1.165) is 30.1 Å². The zero-order valence-electron chi connectivity index (χ0n) is 16.4. The zero-order chi connectivity index (χ0) is 20.4. The van der Waals surface area contributed by atoms with Crippen LogP contribution in [0.5, 0.6) is 5.75 Å². The molecular weight excluding hydrogens is 394 g/mol. The number of rotatable bonds is 6. The highest BCUT2D eigenvalue weighted by atomic mass is 35.5. The Bertz CT molecular complexity index is 925. The molecule has 1 saturated carbocycles. The van der Waals surface area contributed by atoms with Crippen LogP contribution < -0.4 is 10.1 Å². The van der Waals surface area contributed by atoms with Crippen LogP contribution in [0.25, 0.3) is 0 Å². The molecule has 4 rings (SSSR count). The van der Waals surface area contributed by atoms with Gasteiger partial charge in [0.2, 0.25) is 5.91 Å². The minimum absolute atomic E-state index is 0.0205. The van der Waals surface area contributed by atoms with Crippen LogP contribution in [0.15, 0.2) is 18.2 Å². The third-order valence-electron chi connectivity index (χ3n) is 5.31. The molecule has 8 nitrogen and oxygen atoms in total. The summed E-state index contributed by atoms with van der Waals surface area (Å²) in [6, 6.07) is 5.33. The number of hydrogen-bond acceptors (Lipinski definition) is 5. The number of aromatic nitrogens is 3. The van der Waals surface area contributed by atoms with Gasteiger partial charge in [0.25, 0.3) is 5.91 Å². The molecule has 1 N–H and O–H groups in total. The minimum Gasteiger partial charge on any atom is -0.483 e. The summed E-state index contributed by atoms with van der Waals surface area (Å²) in [5.74, 6) is 2.41. The predicted molar refractivity (Wildman–Crippen MR) is 107 cm³/mol. The van der Waals surface area contributed by atoms with Gasteiger partial charge in [0.1, 0.15) is 11.6 Å². The summed E-state index contributed by atoms with van der Waals surface area (Å²) in [6.07, 6.45) is 2.56. The number of fused-ring (bicyclic) bond motifs is 1. The normalized spacial score (nSPS) is 16.1. The Balaban J connectivity index is 1.31. The summed E-state index contributed by atoms with van der Waals surface area (Å²) < 4.78 is 7.70. The second-order valence-electron chi connectivity index (χ2n) is 7.51. The Labute approximate surface area is 174 Å². The highest BCUT2D eigenvalue weighted by molar-refractivity contribution is 6.30. The first-order valence-electron chi connectivity index (χ1n) is 9.86. The smallest absolute Gasteiger partial charge is 0.260 e. The number of halogens is 1. The summed E-state index contributed by atoms with van der Waals surface area (Å²) in [7, 11) is 0. The summed E-state index contributed by atoms with van der Waals surface area (Å²) in [4.78, 5) is 26.3. The Kier molecular flexibility index (Phi) is 5.71. The highest BCUT2D eigenvalue weighted by Crippen LogP contribution is 2.28. The number of nitrogens with zero attached hydrogens (tertiary/aromatic N) is 4. The van der Waals surface area contributed by atoms with E-state index < -0.39 is 0 Å². The van der Waals surface area contributed by atoms with Crippen LogP contribution in [-0.4, -0.2) is 51.2 Å². The monoisotopic (exact) mass is 417 g/mol. The third-order valence-corrected chi connectivity index (χ3v) is 5.55. The molecule has 0 bridgehead atoms. The molecule has 0 spiro atoms. The fourth-order valence-corrected chi connectivity index (χ4v) is 3.65. The molecule has 2 heterocycles. The molecule has 9 heteroatoms. The molecule has 154 valence electrons. The van der Waals surface area contributed by atoms with E-state index in [1.807, 2.05) is 17.6 Å². The number of carbonyl (C=O) groups excluding carboxylic acids is 2. The van der Waals surface area contributed by atoms with Gasteiger partial charge in [0, 0.05) is 37.0 Å². The van der Waals surface area contributed by atoms with Crippen molar-refractivity contribution in [2.24, 2.45) is 5.92 Å². The number of nitrogens with one attached hydrogen (secondary N) is 1. The molecule has 2 amide bonds. The van der Waals surface area contributed by atoms with E-state index in [2.05, 4.69) is 15.5 Å². The van der Waals surface area contributed by atoms with Gasteiger partial charge in [-0.25, -0.2) is 0 Å². The van der Waals surface area contributed by atoms with E-state index in [-0.39, 0.29) is 24.3 Å². The molecule has 1 aromatic carbocycles. The number of aryl methyl sites for hydroxylation is 1. The van der Waals surface area contributed by atoms with Crippen molar-refractivity contribution in [3.05, 3.63) is 40.4 Å². The van der Waals surface area contributed by atoms with Crippen molar-refractivity contribution in [1.82, 2.24) is 25.0 Å². The Morgan fingerprint density at radius 1 is 1.24 bits per heavy atom. The van der Waals surface area contributed by atoms with Crippen molar-refractivity contribution >= 4 is 23.4 Å². The second-order valence-corrected chi connectivity index (χ2v) is 7.94. The highest BCUT2D eigenvalue weighted by Gasteiger charge is 2.30.